The number of likely N-dealkylation sites (tertiary alicyclic amines) is 1. The molecule has 0 radical (unpaired) electrons. The van der Waals surface area contributed by atoms with E-state index in [2.05, 4.69) is 10.3 Å². The van der Waals surface area contributed by atoms with Crippen LogP contribution >= 0.6 is 11.9 Å². The average Bonchev–Trinajstić information content (AvgIpc) is 2.53. The van der Waals surface area contributed by atoms with Gasteiger partial charge in [-0.3, -0.25) is 14.8 Å². The number of nitrogens with zero attached hydrogens (tertiary/aromatic N) is 2. The zero-order chi connectivity index (χ0) is 16.4. The highest BCUT2D eigenvalue weighted by Crippen LogP contribution is 2.41. The first kappa shape index (κ1) is 16.6. The lowest BCUT2D eigenvalue weighted by Gasteiger charge is -2.45. The van der Waals surface area contributed by atoms with Gasteiger partial charge in [0.2, 0.25) is 5.91 Å². The maximum atomic E-state index is 13.0. The maximum absolute atomic E-state index is 13.0. The van der Waals surface area contributed by atoms with Crippen molar-refractivity contribution in [2.45, 2.75) is 42.7 Å². The van der Waals surface area contributed by atoms with Gasteiger partial charge in [-0.15, -0.1) is 0 Å². The Morgan fingerprint density at radius 3 is 2.96 bits per heavy atom. The van der Waals surface area contributed by atoms with E-state index >= 15 is 0 Å². The van der Waals surface area contributed by atoms with E-state index in [4.69, 9.17) is 5.14 Å². The fourth-order valence-electron chi connectivity index (χ4n) is 3.24. The lowest BCUT2D eigenvalue weighted by Crippen LogP contribution is -2.54. The Balaban J connectivity index is 1.56. The molecule has 1 atom stereocenters. The molecule has 0 aromatic carbocycles. The van der Waals surface area contributed by atoms with Gasteiger partial charge in [-0.25, -0.2) is 13.8 Å². The van der Waals surface area contributed by atoms with E-state index in [-0.39, 0.29) is 30.7 Å². The molecule has 1 aliphatic heterocycles. The largest absolute Gasteiger partial charge is 0.326 e. The molecule has 1 aliphatic carbocycles. The van der Waals surface area contributed by atoms with Crippen molar-refractivity contribution in [1.82, 2.24) is 9.88 Å². The summed E-state index contributed by atoms with van der Waals surface area (Å²) >= 11 is 1.02. The summed E-state index contributed by atoms with van der Waals surface area (Å²) in [5.74, 6) is -2.76. The predicted octanol–water partition coefficient (Wildman–Crippen LogP) is 2.50. The maximum Gasteiger partial charge on any atom is 0.251 e. The minimum atomic E-state index is -2.52. The van der Waals surface area contributed by atoms with E-state index in [0.717, 1.165) is 31.3 Å². The molecule has 126 valence electrons. The molecule has 3 rings (SSSR count). The van der Waals surface area contributed by atoms with E-state index in [1.165, 1.54) is 0 Å². The lowest BCUT2D eigenvalue weighted by atomic mass is 9.84. The monoisotopic (exact) mass is 342 g/mol. The predicted molar refractivity (Wildman–Crippen MR) is 85.2 cm³/mol. The summed E-state index contributed by atoms with van der Waals surface area (Å²) in [4.78, 5) is 18.5. The second-order valence-electron chi connectivity index (χ2n) is 6.24. The molecule has 5 nitrogen and oxygen atoms in total. The van der Waals surface area contributed by atoms with E-state index in [9.17, 15) is 13.6 Å². The van der Waals surface area contributed by atoms with Crippen molar-refractivity contribution in [2.75, 3.05) is 18.4 Å². The van der Waals surface area contributed by atoms with Crippen molar-refractivity contribution in [3.63, 3.8) is 0 Å². The van der Waals surface area contributed by atoms with Gasteiger partial charge in [0.1, 0.15) is 5.03 Å². The topological polar surface area (TPSA) is 71.2 Å². The van der Waals surface area contributed by atoms with Crippen LogP contribution in [0.1, 0.15) is 25.7 Å². The molecule has 23 heavy (non-hydrogen) atoms. The number of piperidine rings is 1. The number of nitrogens with one attached hydrogen (secondary N) is 1. The summed E-state index contributed by atoms with van der Waals surface area (Å²) in [5, 5.41) is 8.97. The van der Waals surface area contributed by atoms with Crippen LogP contribution in [0.25, 0.3) is 0 Å². The molecule has 1 amide bonds. The first-order chi connectivity index (χ1) is 11.0. The average molecular weight is 342 g/mol. The summed E-state index contributed by atoms with van der Waals surface area (Å²) in [6.07, 6.45) is 3.08. The van der Waals surface area contributed by atoms with Gasteiger partial charge in [-0.1, -0.05) is 0 Å². The van der Waals surface area contributed by atoms with Crippen LogP contribution in [0.5, 0.6) is 0 Å². The van der Waals surface area contributed by atoms with Crippen LogP contribution in [0, 0.1) is 5.92 Å². The number of pyridine rings is 1. The number of amides is 1. The Morgan fingerprint density at radius 1 is 1.48 bits per heavy atom. The molecular weight excluding hydrogens is 322 g/mol. The summed E-state index contributed by atoms with van der Waals surface area (Å²) in [5.41, 5.74) is 0.658. The van der Waals surface area contributed by atoms with Gasteiger partial charge in [-0.2, -0.15) is 0 Å². The van der Waals surface area contributed by atoms with E-state index in [0.29, 0.717) is 17.3 Å². The minimum absolute atomic E-state index is 0.0695. The highest BCUT2D eigenvalue weighted by atomic mass is 32.2. The van der Waals surface area contributed by atoms with Gasteiger partial charge < -0.3 is 5.32 Å². The van der Waals surface area contributed by atoms with Gasteiger partial charge in [0.05, 0.1) is 5.92 Å². The minimum Gasteiger partial charge on any atom is -0.326 e. The number of anilines is 1. The quantitative estimate of drug-likeness (QED) is 0.823. The molecule has 3 N–H and O–H groups in total. The van der Waals surface area contributed by atoms with Crippen LogP contribution < -0.4 is 10.5 Å². The number of carbonyl (C=O) groups excluding carboxylic acids is 1. The van der Waals surface area contributed by atoms with Crippen LogP contribution in [0.3, 0.4) is 0 Å². The fourth-order valence-corrected chi connectivity index (χ4v) is 3.55. The number of hydrogen-bond acceptors (Lipinski definition) is 5. The molecule has 1 aromatic rings. The molecule has 1 aromatic heterocycles. The summed E-state index contributed by atoms with van der Waals surface area (Å²) in [6.45, 7) is 1.35. The second kappa shape index (κ2) is 6.70. The number of halogens is 2. The number of alkyl halides is 2. The third-order valence-electron chi connectivity index (χ3n) is 4.53. The molecule has 0 unspecified atom stereocenters. The third-order valence-corrected chi connectivity index (χ3v) is 5.00. The summed E-state index contributed by atoms with van der Waals surface area (Å²) in [7, 11) is 0. The zero-order valence-electron chi connectivity index (χ0n) is 12.7. The van der Waals surface area contributed by atoms with E-state index in [1.54, 1.807) is 18.3 Å². The second-order valence-corrected chi connectivity index (χ2v) is 6.90. The fraction of sp³-hybridized carbons (Fsp3) is 0.600. The van der Waals surface area contributed by atoms with Crippen molar-refractivity contribution in [3.8, 4) is 0 Å². The number of carbonyl (C=O) groups is 1. The molecular formula is C15H20F2N4OS. The van der Waals surface area contributed by atoms with Crippen LogP contribution in [0.4, 0.5) is 14.5 Å². The van der Waals surface area contributed by atoms with Crippen molar-refractivity contribution >= 4 is 23.5 Å². The Bertz CT molecular complexity index is 578. The van der Waals surface area contributed by atoms with Crippen molar-refractivity contribution in [1.29, 1.82) is 0 Å². The molecule has 0 bridgehead atoms. The standard InChI is InChI=1S/C15H20F2N4OS/c16-15(17)7-12(8-15)21-5-1-2-10(9-21)14(22)20-11-3-4-19-13(6-11)23-18/h3-4,6,10,12H,1-2,5,7-9,18H2,(H,19,20,22)/t10-/m0/s1. The smallest absolute Gasteiger partial charge is 0.251 e. The first-order valence-corrected chi connectivity index (χ1v) is 8.60. The number of aromatic nitrogens is 1. The highest BCUT2D eigenvalue weighted by Gasteiger charge is 2.48. The summed E-state index contributed by atoms with van der Waals surface area (Å²) < 4.78 is 26.1. The number of hydrogen-bond donors (Lipinski definition) is 2. The first-order valence-electron chi connectivity index (χ1n) is 7.72. The van der Waals surface area contributed by atoms with Crippen molar-refractivity contribution in [3.05, 3.63) is 18.3 Å². The molecule has 2 fully saturated rings. The molecule has 1 saturated carbocycles. The Hall–Kier alpha value is -1.25. The Morgan fingerprint density at radius 2 is 2.26 bits per heavy atom. The van der Waals surface area contributed by atoms with E-state index < -0.39 is 5.92 Å². The zero-order valence-corrected chi connectivity index (χ0v) is 13.5. The third kappa shape index (κ3) is 3.99. The van der Waals surface area contributed by atoms with Gasteiger partial charge >= 0.3 is 0 Å². The number of nitrogens with two attached hydrogens (primary N) is 1. The molecule has 1 saturated heterocycles. The van der Waals surface area contributed by atoms with Crippen molar-refractivity contribution < 1.29 is 13.6 Å². The Labute approximate surface area is 138 Å². The van der Waals surface area contributed by atoms with Gasteiger partial charge in [-0.05, 0) is 43.5 Å². The van der Waals surface area contributed by atoms with Crippen molar-refractivity contribution in [2.24, 2.45) is 11.1 Å². The SMILES string of the molecule is NSc1cc(NC(=O)[C@H]2CCCN(C3CC(F)(F)C3)C2)ccn1. The molecule has 0 spiro atoms. The molecule has 2 heterocycles. The van der Waals surface area contributed by atoms with Crippen LogP contribution in [0.15, 0.2) is 23.4 Å². The van der Waals surface area contributed by atoms with Gasteiger partial charge in [0.15, 0.2) is 0 Å². The van der Waals surface area contributed by atoms with Crippen LogP contribution in [-0.2, 0) is 4.79 Å². The summed E-state index contributed by atoms with van der Waals surface area (Å²) in [6, 6.07) is 3.35. The highest BCUT2D eigenvalue weighted by molar-refractivity contribution is 7.97. The van der Waals surface area contributed by atoms with Crippen LogP contribution in [-0.4, -0.2) is 40.8 Å². The molecule has 8 heteroatoms. The normalized spacial score (nSPS) is 24.9. The lowest BCUT2D eigenvalue weighted by molar-refractivity contribution is -0.135. The van der Waals surface area contributed by atoms with E-state index in [1.807, 2.05) is 4.90 Å². The number of rotatable bonds is 4. The molecule has 2 aliphatic rings. The van der Waals surface area contributed by atoms with Gasteiger partial charge in [0.25, 0.3) is 5.92 Å². The Kier molecular flexibility index (Phi) is 4.84. The van der Waals surface area contributed by atoms with Gasteiger partial charge in [0, 0.05) is 37.3 Å². The van der Waals surface area contributed by atoms with Crippen LogP contribution in [0.2, 0.25) is 0 Å².